The van der Waals surface area contributed by atoms with Crippen molar-refractivity contribution < 1.29 is 23.7 Å². The number of ether oxygens (including phenoxy) is 4. The molecular weight excluding hydrogens is 438 g/mol. The fourth-order valence-electron chi connectivity index (χ4n) is 2.86. The van der Waals surface area contributed by atoms with E-state index < -0.39 is 0 Å². The third kappa shape index (κ3) is 5.03. The van der Waals surface area contributed by atoms with E-state index in [1.54, 1.807) is 38.5 Å². The summed E-state index contributed by atoms with van der Waals surface area (Å²) in [5, 5.41) is 0. The zero-order valence-electron chi connectivity index (χ0n) is 17.5. The second-order valence-electron chi connectivity index (χ2n) is 6.25. The van der Waals surface area contributed by atoms with Gasteiger partial charge in [-0.3, -0.25) is 4.79 Å². The predicted octanol–water partition coefficient (Wildman–Crippen LogP) is 4.80. The molecule has 0 bridgehead atoms. The van der Waals surface area contributed by atoms with Gasteiger partial charge in [0, 0.05) is 25.2 Å². The van der Waals surface area contributed by atoms with Crippen molar-refractivity contribution in [1.29, 1.82) is 0 Å². The molecule has 2 rings (SSSR count). The van der Waals surface area contributed by atoms with Crippen molar-refractivity contribution in [2.75, 3.05) is 46.9 Å². The van der Waals surface area contributed by atoms with Crippen LogP contribution in [0.2, 0.25) is 0 Å². The molecule has 0 saturated heterocycles. The molecule has 0 spiro atoms. The largest absolute Gasteiger partial charge is 0.493 e. The molecule has 156 valence electrons. The molecule has 0 heterocycles. The van der Waals surface area contributed by atoms with Crippen LogP contribution in [0.5, 0.6) is 23.0 Å². The van der Waals surface area contributed by atoms with Gasteiger partial charge in [0.2, 0.25) is 5.75 Å². The Morgan fingerprint density at radius 2 is 1.66 bits per heavy atom. The molecule has 0 atom stereocenters. The standard InChI is InChI=1S/C22H26BrNO5/c1-7-29-18-10-8-14(13-17(18)24(2)3)20(25)16(23)12-15-9-11-19(26-4)22(28-6)21(15)27-5/h8-13H,7H2,1-6H3/b16-12+. The summed E-state index contributed by atoms with van der Waals surface area (Å²) in [6.45, 7) is 2.48. The van der Waals surface area contributed by atoms with Gasteiger partial charge < -0.3 is 23.8 Å². The molecule has 0 unspecified atom stereocenters. The Bertz CT molecular complexity index is 908. The van der Waals surface area contributed by atoms with Crippen molar-refractivity contribution in [3.05, 3.63) is 45.9 Å². The number of Topliss-reactive ketones (excluding diaryl/α,β-unsaturated/α-hetero) is 1. The van der Waals surface area contributed by atoms with E-state index in [4.69, 9.17) is 18.9 Å². The number of halogens is 1. The van der Waals surface area contributed by atoms with Crippen LogP contribution in [0.1, 0.15) is 22.8 Å². The van der Waals surface area contributed by atoms with Gasteiger partial charge >= 0.3 is 0 Å². The summed E-state index contributed by atoms with van der Waals surface area (Å²) < 4.78 is 22.2. The third-order valence-electron chi connectivity index (χ3n) is 4.24. The Morgan fingerprint density at radius 1 is 1.00 bits per heavy atom. The van der Waals surface area contributed by atoms with Crippen LogP contribution in [-0.2, 0) is 0 Å². The number of ketones is 1. The number of carbonyl (C=O) groups excluding carboxylic acids is 1. The number of allylic oxidation sites excluding steroid dienone is 1. The van der Waals surface area contributed by atoms with Gasteiger partial charge in [0.1, 0.15) is 5.75 Å². The number of methoxy groups -OCH3 is 3. The smallest absolute Gasteiger partial charge is 0.203 e. The number of benzene rings is 2. The SMILES string of the molecule is CCOc1ccc(C(=O)/C(Br)=C\c2ccc(OC)c(OC)c2OC)cc1N(C)C. The van der Waals surface area contributed by atoms with Crippen LogP contribution in [0.25, 0.3) is 6.08 Å². The van der Waals surface area contributed by atoms with Crippen LogP contribution in [0.4, 0.5) is 5.69 Å². The zero-order chi connectivity index (χ0) is 21.6. The molecule has 0 amide bonds. The quantitative estimate of drug-likeness (QED) is 0.393. The lowest BCUT2D eigenvalue weighted by Gasteiger charge is -2.18. The maximum Gasteiger partial charge on any atom is 0.203 e. The van der Waals surface area contributed by atoms with E-state index >= 15 is 0 Å². The first kappa shape index (κ1) is 22.6. The zero-order valence-corrected chi connectivity index (χ0v) is 19.1. The van der Waals surface area contributed by atoms with Gasteiger partial charge in [0.25, 0.3) is 0 Å². The molecule has 29 heavy (non-hydrogen) atoms. The monoisotopic (exact) mass is 463 g/mol. The second kappa shape index (κ2) is 10.2. The molecular formula is C22H26BrNO5. The van der Waals surface area contributed by atoms with Crippen LogP contribution in [0.3, 0.4) is 0 Å². The molecule has 6 nitrogen and oxygen atoms in total. The van der Waals surface area contributed by atoms with Gasteiger partial charge in [-0.25, -0.2) is 0 Å². The molecule has 0 saturated carbocycles. The highest BCUT2D eigenvalue weighted by Crippen LogP contribution is 2.41. The average molecular weight is 464 g/mol. The molecule has 0 aromatic heterocycles. The number of hydrogen-bond acceptors (Lipinski definition) is 6. The fourth-order valence-corrected chi connectivity index (χ4v) is 3.34. The van der Waals surface area contributed by atoms with Gasteiger partial charge in [0.15, 0.2) is 17.3 Å². The lowest BCUT2D eigenvalue weighted by molar-refractivity contribution is 0.104. The maximum absolute atomic E-state index is 13.0. The first-order valence-electron chi connectivity index (χ1n) is 9.02. The Kier molecular flexibility index (Phi) is 7.96. The molecule has 7 heteroatoms. The minimum atomic E-state index is -0.159. The summed E-state index contributed by atoms with van der Waals surface area (Å²) in [6.07, 6.45) is 1.70. The van der Waals surface area contributed by atoms with Crippen molar-refractivity contribution in [1.82, 2.24) is 0 Å². The molecule has 0 fully saturated rings. The molecule has 0 radical (unpaired) electrons. The predicted molar refractivity (Wildman–Crippen MR) is 119 cm³/mol. The van der Waals surface area contributed by atoms with E-state index in [-0.39, 0.29) is 5.78 Å². The summed E-state index contributed by atoms with van der Waals surface area (Å²) >= 11 is 3.41. The van der Waals surface area contributed by atoms with E-state index in [2.05, 4.69) is 15.9 Å². The molecule has 0 N–H and O–H groups in total. The number of carbonyl (C=O) groups is 1. The molecule has 0 aliphatic carbocycles. The van der Waals surface area contributed by atoms with Gasteiger partial charge in [-0.05, 0) is 59.3 Å². The molecule has 2 aromatic carbocycles. The van der Waals surface area contributed by atoms with Crippen LogP contribution < -0.4 is 23.8 Å². The van der Waals surface area contributed by atoms with Crippen molar-refractivity contribution >= 4 is 33.5 Å². The van der Waals surface area contributed by atoms with E-state index in [1.807, 2.05) is 38.1 Å². The van der Waals surface area contributed by atoms with E-state index in [0.717, 1.165) is 11.4 Å². The lowest BCUT2D eigenvalue weighted by atomic mass is 10.1. The van der Waals surface area contributed by atoms with Crippen LogP contribution in [0, 0.1) is 0 Å². The second-order valence-corrected chi connectivity index (χ2v) is 7.11. The molecule has 0 aliphatic rings. The topological polar surface area (TPSA) is 57.2 Å². The summed E-state index contributed by atoms with van der Waals surface area (Å²) in [7, 11) is 8.45. The number of anilines is 1. The number of rotatable bonds is 9. The Hall–Kier alpha value is -2.67. The normalized spacial score (nSPS) is 11.1. The van der Waals surface area contributed by atoms with E-state index in [1.165, 1.54) is 7.11 Å². The van der Waals surface area contributed by atoms with E-state index in [0.29, 0.717) is 39.5 Å². The van der Waals surface area contributed by atoms with Crippen LogP contribution in [0.15, 0.2) is 34.8 Å². The highest BCUT2D eigenvalue weighted by molar-refractivity contribution is 9.12. The van der Waals surface area contributed by atoms with E-state index in [9.17, 15) is 4.79 Å². The lowest BCUT2D eigenvalue weighted by Crippen LogP contribution is -2.12. The average Bonchev–Trinajstić information content (AvgIpc) is 2.72. The first-order valence-corrected chi connectivity index (χ1v) is 9.82. The van der Waals surface area contributed by atoms with Crippen LogP contribution in [-0.4, -0.2) is 47.8 Å². The minimum Gasteiger partial charge on any atom is -0.493 e. The number of nitrogens with zero attached hydrogens (tertiary/aromatic N) is 1. The Labute approximate surface area is 180 Å². The van der Waals surface area contributed by atoms with Crippen molar-refractivity contribution in [3.8, 4) is 23.0 Å². The van der Waals surface area contributed by atoms with Crippen molar-refractivity contribution in [2.24, 2.45) is 0 Å². The molecule has 0 aliphatic heterocycles. The first-order chi connectivity index (χ1) is 13.9. The maximum atomic E-state index is 13.0. The van der Waals surface area contributed by atoms with Crippen molar-refractivity contribution in [2.45, 2.75) is 6.92 Å². The highest BCUT2D eigenvalue weighted by atomic mass is 79.9. The summed E-state index contributed by atoms with van der Waals surface area (Å²) in [5.74, 6) is 2.07. The Morgan fingerprint density at radius 3 is 2.21 bits per heavy atom. The Balaban J connectivity index is 2.45. The highest BCUT2D eigenvalue weighted by Gasteiger charge is 2.18. The van der Waals surface area contributed by atoms with Gasteiger partial charge in [-0.2, -0.15) is 0 Å². The molecule has 2 aromatic rings. The van der Waals surface area contributed by atoms with Gasteiger partial charge in [-0.1, -0.05) is 0 Å². The summed E-state index contributed by atoms with van der Waals surface area (Å²) in [6, 6.07) is 8.94. The minimum absolute atomic E-state index is 0.159. The van der Waals surface area contributed by atoms with Gasteiger partial charge in [-0.15, -0.1) is 0 Å². The van der Waals surface area contributed by atoms with Crippen LogP contribution >= 0.6 is 15.9 Å². The third-order valence-corrected chi connectivity index (χ3v) is 4.83. The van der Waals surface area contributed by atoms with Gasteiger partial charge in [0.05, 0.1) is 38.1 Å². The number of hydrogen-bond donors (Lipinski definition) is 0. The summed E-state index contributed by atoms with van der Waals surface area (Å²) in [5.41, 5.74) is 2.06. The summed E-state index contributed by atoms with van der Waals surface area (Å²) in [4.78, 5) is 14.9. The van der Waals surface area contributed by atoms with Crippen molar-refractivity contribution in [3.63, 3.8) is 0 Å². The fraction of sp³-hybridized carbons (Fsp3) is 0.318.